The highest BCUT2D eigenvalue weighted by Crippen LogP contribution is 1.71. The molecule has 0 aromatic carbocycles. The van der Waals surface area contributed by atoms with E-state index in [2.05, 4.69) is 29.9 Å². The zero-order chi connectivity index (χ0) is 25.5. The average Bonchev–Trinajstić information content (AvgIpc) is 3.04. The van der Waals surface area contributed by atoms with Gasteiger partial charge < -0.3 is 28.2 Å². The number of halogens is 6. The Morgan fingerprint density at radius 3 is 0.262 bits per heavy atom. The highest BCUT2D eigenvalue weighted by molar-refractivity contribution is 4.85. The molecule has 42 heavy (non-hydrogen) atoms. The van der Waals surface area contributed by atoms with Crippen molar-refractivity contribution >= 4 is 0 Å². The van der Waals surface area contributed by atoms with Crippen molar-refractivity contribution in [3.8, 4) is 0 Å². The second-order valence-corrected chi connectivity index (χ2v) is 6.46. The summed E-state index contributed by atoms with van der Waals surface area (Å²) < 4.78 is 0. The molecule has 0 saturated heterocycles. The highest BCUT2D eigenvalue weighted by atomic mass is 19.0. The maximum Gasteiger partial charge on any atom is 0.166 e. The Kier molecular flexibility index (Phi) is 53.4. The summed E-state index contributed by atoms with van der Waals surface area (Å²) in [4.78, 5) is 17.4. The molecule has 0 spiro atoms. The van der Waals surface area contributed by atoms with Crippen molar-refractivity contribution in [2.24, 2.45) is 0 Å². The third-order valence-electron chi connectivity index (χ3n) is 3.64. The van der Waals surface area contributed by atoms with Crippen molar-refractivity contribution in [3.63, 3.8) is 0 Å². The van der Waals surface area contributed by atoms with Crippen molar-refractivity contribution in [2.75, 3.05) is 0 Å². The van der Waals surface area contributed by atoms with Crippen LogP contribution in [0.1, 0.15) is 0 Å². The molecule has 0 unspecified atom stereocenters. The minimum atomic E-state index is 0. The molecule has 0 amide bonds. The summed E-state index contributed by atoms with van der Waals surface area (Å²) in [7, 11) is 0. The van der Waals surface area contributed by atoms with Gasteiger partial charge >= 0.3 is 0 Å². The van der Waals surface area contributed by atoms with E-state index in [0.717, 1.165) is 0 Å². The number of rotatable bonds is 0. The monoisotopic (exact) mass is 594 g/mol. The van der Waals surface area contributed by atoms with Crippen LogP contribution in [0, 0.1) is 0 Å². The Bertz CT molecular complexity index is 724. The first-order valence-corrected chi connectivity index (χ1v) is 11.5. The van der Waals surface area contributed by atoms with Gasteiger partial charge in [-0.05, 0) is 0 Å². The smallest absolute Gasteiger partial charge is 0.166 e. The molecular formula is C30H36F6N6. The topological polar surface area (TPSA) is 84.8 Å². The minimum Gasteiger partial charge on any atom is -1.00 e. The summed E-state index contributed by atoms with van der Waals surface area (Å²) in [5, 5.41) is 0. The van der Waals surface area contributed by atoms with Crippen LogP contribution in [0.5, 0.6) is 0 Å². The van der Waals surface area contributed by atoms with Gasteiger partial charge in [0, 0.05) is 72.8 Å². The second-order valence-electron chi connectivity index (χ2n) is 6.46. The van der Waals surface area contributed by atoms with Crippen LogP contribution >= 0.6 is 0 Å². The van der Waals surface area contributed by atoms with Crippen molar-refractivity contribution in [3.05, 3.63) is 184 Å². The quantitative estimate of drug-likeness (QED) is 0.157. The third-order valence-corrected chi connectivity index (χ3v) is 3.64. The fourth-order valence-electron chi connectivity index (χ4n) is 2.05. The lowest BCUT2D eigenvalue weighted by Gasteiger charge is -1.63. The van der Waals surface area contributed by atoms with Gasteiger partial charge in [0.15, 0.2) is 74.4 Å². The summed E-state index contributed by atoms with van der Waals surface area (Å²) in [6.45, 7) is 0. The van der Waals surface area contributed by atoms with Gasteiger partial charge in [-0.25, -0.2) is 29.9 Å². The van der Waals surface area contributed by atoms with Crippen LogP contribution in [0.25, 0.3) is 0 Å². The van der Waals surface area contributed by atoms with Gasteiger partial charge in [-0.15, -0.1) is 0 Å². The van der Waals surface area contributed by atoms with E-state index < -0.39 is 0 Å². The molecule has 0 aliphatic heterocycles. The van der Waals surface area contributed by atoms with Crippen LogP contribution < -0.4 is 58.1 Å². The molecule has 6 aromatic rings. The summed E-state index contributed by atoms with van der Waals surface area (Å²) in [6.07, 6.45) is 22.5. The molecule has 6 aromatic heterocycles. The molecule has 228 valence electrons. The molecule has 6 rings (SSSR count). The predicted octanol–water partition coefficient (Wildman–Crippen LogP) is -15.0. The average molecular weight is 595 g/mol. The van der Waals surface area contributed by atoms with Crippen molar-refractivity contribution in [2.45, 2.75) is 0 Å². The van der Waals surface area contributed by atoms with E-state index in [1.807, 2.05) is 184 Å². The zero-order valence-corrected chi connectivity index (χ0v) is 22.6. The lowest BCUT2D eigenvalue weighted by Crippen LogP contribution is -3.00. The Balaban J connectivity index is -0.0000000900. The van der Waals surface area contributed by atoms with Crippen molar-refractivity contribution in [1.82, 2.24) is 0 Å². The fourth-order valence-corrected chi connectivity index (χ4v) is 2.05. The molecule has 0 atom stereocenters. The first kappa shape index (κ1) is 49.4. The van der Waals surface area contributed by atoms with E-state index in [-0.39, 0.29) is 28.2 Å². The number of aromatic nitrogens is 6. The molecular weight excluding hydrogens is 558 g/mol. The van der Waals surface area contributed by atoms with Crippen LogP contribution in [0.2, 0.25) is 0 Å². The van der Waals surface area contributed by atoms with E-state index in [0.29, 0.717) is 0 Å². The molecule has 0 saturated carbocycles. The Morgan fingerprint density at radius 2 is 0.238 bits per heavy atom. The van der Waals surface area contributed by atoms with Gasteiger partial charge in [-0.3, -0.25) is 0 Å². The summed E-state index contributed by atoms with van der Waals surface area (Å²) in [6, 6.07) is 35.1. The Morgan fingerprint density at radius 1 is 0.143 bits per heavy atom. The van der Waals surface area contributed by atoms with Gasteiger partial charge in [0.1, 0.15) is 0 Å². The highest BCUT2D eigenvalue weighted by Gasteiger charge is 1.68. The van der Waals surface area contributed by atoms with Crippen molar-refractivity contribution in [1.29, 1.82) is 0 Å². The first-order valence-electron chi connectivity index (χ1n) is 11.5. The summed E-state index contributed by atoms with van der Waals surface area (Å²) in [5.41, 5.74) is 0. The van der Waals surface area contributed by atoms with Gasteiger partial charge in [0.05, 0.1) is 0 Å². The third kappa shape index (κ3) is 41.6. The Labute approximate surface area is 241 Å². The largest absolute Gasteiger partial charge is 1.00 e. The minimum absolute atomic E-state index is 0. The predicted molar refractivity (Wildman–Crippen MR) is 138 cm³/mol. The molecule has 6 N–H and O–H groups in total. The number of nitrogens with one attached hydrogen (secondary N) is 6. The second kappa shape index (κ2) is 45.4. The number of H-pyrrole nitrogens is 6. The van der Waals surface area contributed by atoms with E-state index in [4.69, 9.17) is 0 Å². The molecule has 0 aliphatic carbocycles. The van der Waals surface area contributed by atoms with Gasteiger partial charge in [-0.2, -0.15) is 0 Å². The maximum atomic E-state index is 2.89. The van der Waals surface area contributed by atoms with E-state index in [1.54, 1.807) is 0 Å². The van der Waals surface area contributed by atoms with Crippen LogP contribution in [0.15, 0.2) is 184 Å². The van der Waals surface area contributed by atoms with Gasteiger partial charge in [0.25, 0.3) is 0 Å². The molecule has 12 heteroatoms. The molecule has 0 fully saturated rings. The molecule has 6 nitrogen and oxygen atoms in total. The SMILES string of the molecule is [F-].[F-].[F-].[F-].[F-].[F-].c1cc[nH+]cc1.c1cc[nH+]cc1.c1cc[nH+]cc1.c1cc[nH+]cc1.c1cc[nH+]cc1.c1cc[nH+]cc1. The van der Waals surface area contributed by atoms with E-state index in [1.165, 1.54) is 0 Å². The van der Waals surface area contributed by atoms with Crippen molar-refractivity contribution < 1.29 is 58.1 Å². The first-order chi connectivity index (χ1) is 18.0. The standard InChI is InChI=1S/6C5H5N.6FH/c6*1-2-4-6-5-3-1;;;;;;/h6*1-5H;6*1H. The zero-order valence-electron chi connectivity index (χ0n) is 22.6. The number of hydrogen-bond donors (Lipinski definition) is 0. The lowest BCUT2D eigenvalue weighted by atomic mass is 10.5. The summed E-state index contributed by atoms with van der Waals surface area (Å²) in [5.74, 6) is 0. The molecule has 0 aliphatic rings. The van der Waals surface area contributed by atoms with Gasteiger partial charge in [-0.1, -0.05) is 36.4 Å². The molecule has 0 bridgehead atoms. The lowest BCUT2D eigenvalue weighted by molar-refractivity contribution is -0.378. The summed E-state index contributed by atoms with van der Waals surface area (Å²) >= 11 is 0. The van der Waals surface area contributed by atoms with Crippen LogP contribution in [-0.4, -0.2) is 0 Å². The molecule has 0 radical (unpaired) electrons. The van der Waals surface area contributed by atoms with E-state index >= 15 is 0 Å². The fraction of sp³-hybridized carbons (Fsp3) is 0. The Hall–Kier alpha value is -5.52. The normalized spacial score (nSPS) is 6.86. The van der Waals surface area contributed by atoms with Crippen LogP contribution in [0.4, 0.5) is 0 Å². The van der Waals surface area contributed by atoms with Crippen LogP contribution in [-0.2, 0) is 0 Å². The van der Waals surface area contributed by atoms with Gasteiger partial charge in [0.2, 0.25) is 0 Å². The number of aromatic amines is 6. The molecule has 6 heterocycles. The van der Waals surface area contributed by atoms with E-state index in [9.17, 15) is 0 Å². The number of pyridine rings is 6. The number of hydrogen-bond acceptors (Lipinski definition) is 0. The maximum absolute atomic E-state index is 2.89. The van der Waals surface area contributed by atoms with Crippen LogP contribution in [0.3, 0.4) is 0 Å².